The van der Waals surface area contributed by atoms with Crippen molar-refractivity contribution in [2.45, 2.75) is 13.1 Å². The molecule has 0 atom stereocenters. The van der Waals surface area contributed by atoms with E-state index in [-0.39, 0.29) is 5.56 Å². The first-order valence-corrected chi connectivity index (χ1v) is 7.28. The minimum atomic E-state index is -4.52. The van der Waals surface area contributed by atoms with Crippen molar-refractivity contribution < 1.29 is 22.8 Å². The maximum absolute atomic E-state index is 12.7. The van der Waals surface area contributed by atoms with E-state index < -0.39 is 23.7 Å². The maximum atomic E-state index is 12.7. The van der Waals surface area contributed by atoms with Gasteiger partial charge in [-0.05, 0) is 42.8 Å². The Morgan fingerprint density at radius 1 is 1.00 bits per heavy atom. The average molecular weight is 351 g/mol. The van der Waals surface area contributed by atoms with Gasteiger partial charge >= 0.3 is 12.2 Å². The van der Waals surface area contributed by atoms with Crippen LogP contribution in [0.3, 0.4) is 0 Å². The molecule has 3 amide bonds. The largest absolute Gasteiger partial charge is 0.416 e. The lowest BCUT2D eigenvalue weighted by Gasteiger charge is -2.12. The Kier molecular flexibility index (Phi) is 5.31. The fourth-order valence-electron chi connectivity index (χ4n) is 2.06. The van der Waals surface area contributed by atoms with Gasteiger partial charge < -0.3 is 16.0 Å². The van der Waals surface area contributed by atoms with Gasteiger partial charge in [0, 0.05) is 24.0 Å². The summed E-state index contributed by atoms with van der Waals surface area (Å²) in [5, 5.41) is 7.51. The number of benzene rings is 2. The predicted octanol–water partition coefficient (Wildman–Crippen LogP) is 4.02. The van der Waals surface area contributed by atoms with Gasteiger partial charge in [0.15, 0.2) is 0 Å². The third kappa shape index (κ3) is 4.72. The summed E-state index contributed by atoms with van der Waals surface area (Å²) in [7, 11) is 1.46. The van der Waals surface area contributed by atoms with E-state index in [2.05, 4.69) is 16.0 Å². The summed E-state index contributed by atoms with van der Waals surface area (Å²) in [6.07, 6.45) is -4.52. The van der Waals surface area contributed by atoms with Crippen molar-refractivity contribution in [1.82, 2.24) is 5.32 Å². The summed E-state index contributed by atoms with van der Waals surface area (Å²) in [6, 6.07) is 8.51. The molecule has 0 bridgehead atoms. The molecule has 0 aliphatic carbocycles. The highest BCUT2D eigenvalue weighted by molar-refractivity contribution is 6.04. The normalized spacial score (nSPS) is 10.9. The van der Waals surface area contributed by atoms with Crippen LogP contribution in [0, 0.1) is 6.92 Å². The molecule has 2 rings (SSSR count). The van der Waals surface area contributed by atoms with Crippen LogP contribution in [0.15, 0.2) is 42.5 Å². The van der Waals surface area contributed by atoms with Crippen molar-refractivity contribution in [2.24, 2.45) is 0 Å². The second-order valence-corrected chi connectivity index (χ2v) is 5.27. The molecule has 2 aromatic carbocycles. The number of carbonyl (C=O) groups excluding carboxylic acids is 2. The van der Waals surface area contributed by atoms with Crippen LogP contribution >= 0.6 is 0 Å². The van der Waals surface area contributed by atoms with Crippen LogP contribution in [0.4, 0.5) is 29.3 Å². The van der Waals surface area contributed by atoms with E-state index in [1.54, 1.807) is 19.1 Å². The molecule has 2 aromatic rings. The monoisotopic (exact) mass is 351 g/mol. The van der Waals surface area contributed by atoms with Crippen LogP contribution in [-0.2, 0) is 6.18 Å². The molecular weight excluding hydrogens is 335 g/mol. The van der Waals surface area contributed by atoms with Gasteiger partial charge in [0.05, 0.1) is 5.56 Å². The molecule has 0 saturated carbocycles. The van der Waals surface area contributed by atoms with Gasteiger partial charge in [-0.25, -0.2) is 4.79 Å². The number of alkyl halides is 3. The van der Waals surface area contributed by atoms with Crippen LogP contribution in [-0.4, -0.2) is 19.0 Å². The molecule has 0 aromatic heterocycles. The molecule has 5 nitrogen and oxygen atoms in total. The average Bonchev–Trinajstić information content (AvgIpc) is 2.57. The topological polar surface area (TPSA) is 70.2 Å². The van der Waals surface area contributed by atoms with Crippen molar-refractivity contribution in [1.29, 1.82) is 0 Å². The Bertz CT molecular complexity index is 804. The van der Waals surface area contributed by atoms with Crippen molar-refractivity contribution in [3.63, 3.8) is 0 Å². The first-order chi connectivity index (χ1) is 11.7. The van der Waals surface area contributed by atoms with E-state index in [1.807, 2.05) is 0 Å². The number of amides is 3. The van der Waals surface area contributed by atoms with E-state index >= 15 is 0 Å². The lowest BCUT2D eigenvalue weighted by atomic mass is 10.1. The molecule has 0 heterocycles. The highest BCUT2D eigenvalue weighted by Crippen LogP contribution is 2.29. The Balaban J connectivity index is 2.21. The number of carbonyl (C=O) groups is 2. The second kappa shape index (κ2) is 7.25. The molecule has 0 saturated heterocycles. The summed E-state index contributed by atoms with van der Waals surface area (Å²) >= 11 is 0. The Labute approximate surface area is 142 Å². The third-order valence-corrected chi connectivity index (χ3v) is 3.42. The fraction of sp³-hybridized carbons (Fsp3) is 0.176. The molecule has 0 fully saturated rings. The smallest absolute Gasteiger partial charge is 0.341 e. The molecule has 132 valence electrons. The number of halogens is 3. The quantitative estimate of drug-likeness (QED) is 0.782. The zero-order valence-electron chi connectivity index (χ0n) is 13.5. The zero-order valence-corrected chi connectivity index (χ0v) is 13.5. The number of aryl methyl sites for hydroxylation is 1. The van der Waals surface area contributed by atoms with Gasteiger partial charge in [-0.2, -0.15) is 13.2 Å². The first kappa shape index (κ1) is 18.3. The van der Waals surface area contributed by atoms with Crippen LogP contribution in [0.2, 0.25) is 0 Å². The molecule has 3 N–H and O–H groups in total. The zero-order chi connectivity index (χ0) is 18.6. The van der Waals surface area contributed by atoms with Crippen molar-refractivity contribution in [3.05, 3.63) is 59.2 Å². The van der Waals surface area contributed by atoms with E-state index in [0.29, 0.717) is 11.4 Å². The van der Waals surface area contributed by atoms with E-state index in [9.17, 15) is 22.8 Å². The lowest BCUT2D eigenvalue weighted by molar-refractivity contribution is -0.137. The number of urea groups is 1. The molecule has 0 aliphatic rings. The summed E-state index contributed by atoms with van der Waals surface area (Å²) in [6.45, 7) is 1.77. The maximum Gasteiger partial charge on any atom is 0.416 e. The number of rotatable bonds is 3. The molecule has 8 heteroatoms. The lowest BCUT2D eigenvalue weighted by Crippen LogP contribution is -2.25. The number of anilines is 2. The molecule has 0 spiro atoms. The van der Waals surface area contributed by atoms with Gasteiger partial charge in [-0.3, -0.25) is 4.79 Å². The van der Waals surface area contributed by atoms with E-state index in [4.69, 9.17) is 0 Å². The van der Waals surface area contributed by atoms with Gasteiger partial charge in [-0.15, -0.1) is 0 Å². The van der Waals surface area contributed by atoms with Crippen LogP contribution in [0.25, 0.3) is 0 Å². The van der Waals surface area contributed by atoms with Crippen LogP contribution < -0.4 is 16.0 Å². The number of hydrogen-bond acceptors (Lipinski definition) is 2. The minimum Gasteiger partial charge on any atom is -0.341 e. The Hall–Kier alpha value is -3.03. The molecule has 0 aliphatic heterocycles. The SMILES string of the molecule is CNC(=O)Nc1cc(NC(=O)c2cccc(C(F)(F)F)c2)ccc1C. The highest BCUT2D eigenvalue weighted by Gasteiger charge is 2.30. The predicted molar refractivity (Wildman–Crippen MR) is 88.7 cm³/mol. The first-order valence-electron chi connectivity index (χ1n) is 7.28. The van der Waals surface area contributed by atoms with E-state index in [1.165, 1.54) is 25.2 Å². The van der Waals surface area contributed by atoms with Gasteiger partial charge in [-0.1, -0.05) is 12.1 Å². The molecule has 25 heavy (non-hydrogen) atoms. The molecular formula is C17H16F3N3O2. The minimum absolute atomic E-state index is 0.115. The van der Waals surface area contributed by atoms with E-state index in [0.717, 1.165) is 17.7 Å². The van der Waals surface area contributed by atoms with Gasteiger partial charge in [0.2, 0.25) is 0 Å². The third-order valence-electron chi connectivity index (χ3n) is 3.42. The Morgan fingerprint density at radius 2 is 1.72 bits per heavy atom. The summed E-state index contributed by atoms with van der Waals surface area (Å²) in [5.41, 5.74) is 0.573. The van der Waals surface area contributed by atoms with Gasteiger partial charge in [0.1, 0.15) is 0 Å². The number of nitrogens with one attached hydrogen (secondary N) is 3. The highest BCUT2D eigenvalue weighted by atomic mass is 19.4. The summed E-state index contributed by atoms with van der Waals surface area (Å²) < 4.78 is 38.2. The van der Waals surface area contributed by atoms with Crippen molar-refractivity contribution >= 4 is 23.3 Å². The standard InChI is InChI=1S/C17H16F3N3O2/c1-10-6-7-13(9-14(10)23-16(25)21-2)22-15(24)11-4-3-5-12(8-11)17(18,19)20/h3-9H,1-2H3,(H,22,24)(H2,21,23,25). The molecule has 0 unspecified atom stereocenters. The summed E-state index contributed by atoms with van der Waals surface area (Å²) in [4.78, 5) is 23.6. The Morgan fingerprint density at radius 3 is 2.36 bits per heavy atom. The van der Waals surface area contributed by atoms with Crippen LogP contribution in [0.1, 0.15) is 21.5 Å². The van der Waals surface area contributed by atoms with Gasteiger partial charge in [0.25, 0.3) is 5.91 Å². The van der Waals surface area contributed by atoms with Crippen molar-refractivity contribution in [3.8, 4) is 0 Å². The fourth-order valence-corrected chi connectivity index (χ4v) is 2.06. The van der Waals surface area contributed by atoms with Crippen molar-refractivity contribution in [2.75, 3.05) is 17.7 Å². The summed E-state index contributed by atoms with van der Waals surface area (Å²) in [5.74, 6) is -0.680. The molecule has 0 radical (unpaired) electrons. The van der Waals surface area contributed by atoms with Crippen LogP contribution in [0.5, 0.6) is 0 Å². The number of hydrogen-bond donors (Lipinski definition) is 3. The second-order valence-electron chi connectivity index (χ2n) is 5.27.